The molecule has 1 saturated carbocycles. The van der Waals surface area contributed by atoms with Gasteiger partial charge in [0.25, 0.3) is 0 Å². The first-order valence-corrected chi connectivity index (χ1v) is 5.65. The van der Waals surface area contributed by atoms with Crippen LogP contribution in [0.4, 0.5) is 0 Å². The summed E-state index contributed by atoms with van der Waals surface area (Å²) in [5.41, 5.74) is 0.858. The van der Waals surface area contributed by atoms with Crippen molar-refractivity contribution in [1.29, 1.82) is 0 Å². The zero-order valence-electron chi connectivity index (χ0n) is 9.14. The van der Waals surface area contributed by atoms with Crippen molar-refractivity contribution in [1.82, 2.24) is 0 Å². The van der Waals surface area contributed by atoms with Crippen LogP contribution in [0.5, 0.6) is 5.75 Å². The van der Waals surface area contributed by atoms with Gasteiger partial charge >= 0.3 is 5.97 Å². The van der Waals surface area contributed by atoms with Crippen LogP contribution in [-0.4, -0.2) is 16.7 Å². The second-order valence-corrected chi connectivity index (χ2v) is 4.81. The first kappa shape index (κ1) is 9.70. The molecule has 1 aromatic rings. The van der Waals surface area contributed by atoms with E-state index in [2.05, 4.69) is 0 Å². The van der Waals surface area contributed by atoms with Crippen LogP contribution < -0.4 is 4.74 Å². The van der Waals surface area contributed by atoms with Crippen LogP contribution in [0.15, 0.2) is 24.3 Å². The summed E-state index contributed by atoms with van der Waals surface area (Å²) >= 11 is 0. The quantitative estimate of drug-likeness (QED) is 0.829. The molecule has 1 spiro atoms. The molecular formula is C13H14O3. The van der Waals surface area contributed by atoms with Gasteiger partial charge in [-0.2, -0.15) is 0 Å². The van der Waals surface area contributed by atoms with Crippen LogP contribution in [0, 0.1) is 5.92 Å². The van der Waals surface area contributed by atoms with Crippen molar-refractivity contribution in [3.8, 4) is 5.75 Å². The fraction of sp³-hybridized carbons (Fsp3) is 0.462. The minimum Gasteiger partial charge on any atom is -0.486 e. The molecule has 0 amide bonds. The van der Waals surface area contributed by atoms with Crippen molar-refractivity contribution >= 4 is 5.97 Å². The summed E-state index contributed by atoms with van der Waals surface area (Å²) in [5.74, 6) is -0.234. The molecule has 2 unspecified atom stereocenters. The van der Waals surface area contributed by atoms with Gasteiger partial charge in [-0.1, -0.05) is 25.1 Å². The average Bonchev–Trinajstić information content (AvgIpc) is 2.93. The van der Waals surface area contributed by atoms with Crippen molar-refractivity contribution < 1.29 is 14.6 Å². The number of ether oxygens (including phenoxy) is 1. The van der Waals surface area contributed by atoms with Crippen LogP contribution in [-0.2, 0) is 4.79 Å². The molecule has 2 aliphatic rings. The molecule has 2 atom stereocenters. The molecule has 0 bridgehead atoms. The Balaban J connectivity index is 2.05. The maximum atomic E-state index is 11.2. The highest BCUT2D eigenvalue weighted by Gasteiger charge is 2.60. The highest BCUT2D eigenvalue weighted by molar-refractivity contribution is 5.72. The van der Waals surface area contributed by atoms with E-state index in [1.165, 1.54) is 0 Å². The maximum absolute atomic E-state index is 11.2. The highest BCUT2D eigenvalue weighted by atomic mass is 16.5. The molecule has 3 rings (SSSR count). The molecule has 3 nitrogen and oxygen atoms in total. The molecule has 1 fully saturated rings. The summed E-state index contributed by atoms with van der Waals surface area (Å²) in [5, 5.41) is 9.17. The predicted molar refractivity (Wildman–Crippen MR) is 58.6 cm³/mol. The second kappa shape index (κ2) is 3.00. The van der Waals surface area contributed by atoms with Gasteiger partial charge in [0.05, 0.1) is 5.92 Å². The van der Waals surface area contributed by atoms with Gasteiger partial charge in [-0.15, -0.1) is 0 Å². The molecule has 0 saturated heterocycles. The Hall–Kier alpha value is -1.51. The largest absolute Gasteiger partial charge is 0.486 e. The lowest BCUT2D eigenvalue weighted by Gasteiger charge is -2.21. The molecule has 1 aliphatic carbocycles. The fourth-order valence-electron chi connectivity index (χ4n) is 2.80. The van der Waals surface area contributed by atoms with Gasteiger partial charge in [0.2, 0.25) is 0 Å². The SMILES string of the molecule is CC(C(=O)O)C1c2ccccc2OC12CC2. The van der Waals surface area contributed by atoms with Crippen LogP contribution in [0.1, 0.15) is 31.2 Å². The van der Waals surface area contributed by atoms with E-state index in [1.54, 1.807) is 6.92 Å². The number of carboxylic acid groups (broad SMARTS) is 1. The lowest BCUT2D eigenvalue weighted by Crippen LogP contribution is -2.29. The molecule has 1 heterocycles. The molecule has 3 heteroatoms. The Morgan fingerprint density at radius 1 is 1.50 bits per heavy atom. The van der Waals surface area contributed by atoms with Gasteiger partial charge in [0.1, 0.15) is 11.4 Å². The van der Waals surface area contributed by atoms with Crippen molar-refractivity contribution in [2.24, 2.45) is 5.92 Å². The third kappa shape index (κ3) is 1.17. The van der Waals surface area contributed by atoms with Crippen LogP contribution >= 0.6 is 0 Å². The summed E-state index contributed by atoms with van der Waals surface area (Å²) in [7, 11) is 0. The lowest BCUT2D eigenvalue weighted by atomic mass is 9.83. The van der Waals surface area contributed by atoms with Gasteiger partial charge in [0, 0.05) is 11.5 Å². The number of carboxylic acids is 1. The molecule has 16 heavy (non-hydrogen) atoms. The van der Waals surface area contributed by atoms with Crippen molar-refractivity contribution in [2.45, 2.75) is 31.3 Å². The molecule has 0 radical (unpaired) electrons. The minimum absolute atomic E-state index is 0.0150. The van der Waals surface area contributed by atoms with Crippen molar-refractivity contribution in [3.05, 3.63) is 29.8 Å². The van der Waals surface area contributed by atoms with E-state index >= 15 is 0 Å². The van der Waals surface area contributed by atoms with E-state index in [0.717, 1.165) is 24.2 Å². The number of carbonyl (C=O) groups is 1. The Labute approximate surface area is 94.0 Å². The Morgan fingerprint density at radius 3 is 2.81 bits per heavy atom. The topological polar surface area (TPSA) is 46.5 Å². The third-order valence-corrected chi connectivity index (χ3v) is 3.77. The summed E-state index contributed by atoms with van der Waals surface area (Å²) < 4.78 is 5.93. The van der Waals surface area contributed by atoms with Gasteiger partial charge in [-0.3, -0.25) is 4.79 Å². The Kier molecular flexibility index (Phi) is 1.82. The number of fused-ring (bicyclic) bond motifs is 1. The molecule has 1 N–H and O–H groups in total. The zero-order valence-corrected chi connectivity index (χ0v) is 9.14. The van der Waals surface area contributed by atoms with Gasteiger partial charge in [-0.05, 0) is 18.9 Å². The number of aliphatic carboxylic acids is 1. The summed E-state index contributed by atoms with van der Waals surface area (Å²) in [4.78, 5) is 11.2. The number of rotatable bonds is 2. The monoisotopic (exact) mass is 218 g/mol. The van der Waals surface area contributed by atoms with E-state index in [1.807, 2.05) is 24.3 Å². The summed E-state index contributed by atoms with van der Waals surface area (Å²) in [6.45, 7) is 1.78. The molecule has 1 aliphatic heterocycles. The van der Waals surface area contributed by atoms with Gasteiger partial charge in [0.15, 0.2) is 0 Å². The van der Waals surface area contributed by atoms with E-state index in [9.17, 15) is 9.90 Å². The van der Waals surface area contributed by atoms with Gasteiger partial charge in [-0.25, -0.2) is 0 Å². The van der Waals surface area contributed by atoms with Gasteiger partial charge < -0.3 is 9.84 Å². The van der Waals surface area contributed by atoms with E-state index < -0.39 is 5.97 Å². The van der Waals surface area contributed by atoms with Crippen LogP contribution in [0.2, 0.25) is 0 Å². The normalized spacial score (nSPS) is 25.9. The second-order valence-electron chi connectivity index (χ2n) is 4.81. The Morgan fingerprint density at radius 2 is 2.19 bits per heavy atom. The summed E-state index contributed by atoms with van der Waals surface area (Å²) in [6, 6.07) is 7.81. The maximum Gasteiger partial charge on any atom is 0.306 e. The Bertz CT molecular complexity index is 448. The molecule has 84 valence electrons. The van der Waals surface area contributed by atoms with Crippen molar-refractivity contribution in [3.63, 3.8) is 0 Å². The predicted octanol–water partition coefficient (Wildman–Crippen LogP) is 2.42. The van der Waals surface area contributed by atoms with Crippen molar-refractivity contribution in [2.75, 3.05) is 0 Å². The minimum atomic E-state index is -0.739. The highest BCUT2D eigenvalue weighted by Crippen LogP contribution is 2.60. The number of hydrogen-bond acceptors (Lipinski definition) is 2. The van der Waals surface area contributed by atoms with Crippen LogP contribution in [0.25, 0.3) is 0 Å². The number of benzene rings is 1. The molecular weight excluding hydrogens is 204 g/mol. The smallest absolute Gasteiger partial charge is 0.306 e. The number of hydrogen-bond donors (Lipinski definition) is 1. The zero-order chi connectivity index (χ0) is 11.3. The summed E-state index contributed by atoms with van der Waals surface area (Å²) in [6.07, 6.45) is 1.95. The first-order valence-electron chi connectivity index (χ1n) is 5.65. The third-order valence-electron chi connectivity index (χ3n) is 3.77. The first-order chi connectivity index (χ1) is 7.64. The van der Waals surface area contributed by atoms with E-state index in [-0.39, 0.29) is 17.4 Å². The number of para-hydroxylation sites is 1. The molecule has 0 aromatic heterocycles. The average molecular weight is 218 g/mol. The van der Waals surface area contributed by atoms with E-state index in [0.29, 0.717) is 0 Å². The van der Waals surface area contributed by atoms with E-state index in [4.69, 9.17) is 4.74 Å². The van der Waals surface area contributed by atoms with Crippen LogP contribution in [0.3, 0.4) is 0 Å². The lowest BCUT2D eigenvalue weighted by molar-refractivity contribution is -0.142. The fourth-order valence-corrected chi connectivity index (χ4v) is 2.80. The molecule has 1 aromatic carbocycles. The standard InChI is InChI=1S/C13H14O3/c1-8(12(14)15)11-9-4-2-3-5-10(9)16-13(11)6-7-13/h2-5,8,11H,6-7H2,1H3,(H,14,15).